The van der Waals surface area contributed by atoms with Gasteiger partial charge in [0.25, 0.3) is 5.91 Å². The largest absolute Gasteiger partial charge is 0.491 e. The van der Waals surface area contributed by atoms with Gasteiger partial charge in [-0.3, -0.25) is 4.79 Å². The molecular weight excluding hydrogens is 290 g/mol. The fourth-order valence-electron chi connectivity index (χ4n) is 2.26. The van der Waals surface area contributed by atoms with Gasteiger partial charge in [-0.2, -0.15) is 0 Å². The fourth-order valence-corrected chi connectivity index (χ4v) is 2.26. The Morgan fingerprint density at radius 1 is 1.17 bits per heavy atom. The first kappa shape index (κ1) is 17.0. The molecule has 2 N–H and O–H groups in total. The number of rotatable bonds is 6. The van der Waals surface area contributed by atoms with Gasteiger partial charge in [-0.15, -0.1) is 0 Å². The molecule has 0 aliphatic carbocycles. The minimum Gasteiger partial charge on any atom is -0.491 e. The summed E-state index contributed by atoms with van der Waals surface area (Å²) < 4.78 is 5.61. The highest BCUT2D eigenvalue weighted by atomic mass is 16.5. The summed E-state index contributed by atoms with van der Waals surface area (Å²) in [4.78, 5) is 12.1. The van der Waals surface area contributed by atoms with E-state index in [1.54, 1.807) is 12.1 Å². The molecule has 2 aromatic carbocycles. The average molecular weight is 313 g/mol. The minimum atomic E-state index is -0.778. The van der Waals surface area contributed by atoms with Crippen LogP contribution in [0, 0.1) is 6.92 Å². The van der Waals surface area contributed by atoms with Crippen molar-refractivity contribution in [2.24, 2.45) is 0 Å². The van der Waals surface area contributed by atoms with Crippen molar-refractivity contribution in [3.05, 3.63) is 65.2 Å². The van der Waals surface area contributed by atoms with Crippen LogP contribution in [-0.2, 0) is 0 Å². The van der Waals surface area contributed by atoms with Crippen LogP contribution in [0.5, 0.6) is 5.75 Å². The Hall–Kier alpha value is -2.33. The van der Waals surface area contributed by atoms with Crippen molar-refractivity contribution >= 4 is 5.91 Å². The van der Waals surface area contributed by atoms with E-state index in [4.69, 9.17) is 4.74 Å². The molecule has 122 valence electrons. The zero-order valence-corrected chi connectivity index (χ0v) is 13.7. The minimum absolute atomic E-state index is 0.0726. The van der Waals surface area contributed by atoms with E-state index in [0.717, 1.165) is 5.56 Å². The highest BCUT2D eigenvalue weighted by Crippen LogP contribution is 2.20. The van der Waals surface area contributed by atoms with Crippen LogP contribution < -0.4 is 10.1 Å². The number of hydrogen-bond donors (Lipinski definition) is 2. The number of aliphatic hydroxyl groups is 1. The van der Waals surface area contributed by atoms with E-state index >= 15 is 0 Å². The Morgan fingerprint density at radius 2 is 1.91 bits per heavy atom. The molecule has 0 fully saturated rings. The number of amides is 1. The van der Waals surface area contributed by atoms with Crippen molar-refractivity contribution in [1.29, 1.82) is 0 Å². The summed E-state index contributed by atoms with van der Waals surface area (Å²) in [6.45, 7) is 5.99. The molecule has 0 aromatic heterocycles. The number of ether oxygens (including phenoxy) is 1. The topological polar surface area (TPSA) is 58.6 Å². The first-order valence-electron chi connectivity index (χ1n) is 7.75. The molecule has 0 aliphatic heterocycles. The molecule has 2 rings (SSSR count). The lowest BCUT2D eigenvalue weighted by molar-refractivity contribution is 0.0916. The number of nitrogens with one attached hydrogen (secondary N) is 1. The predicted octanol–water partition coefficient (Wildman–Crippen LogP) is 3.25. The molecule has 0 saturated carbocycles. The third-order valence-electron chi connectivity index (χ3n) is 3.35. The second-order valence-corrected chi connectivity index (χ2v) is 5.83. The normalized spacial score (nSPS) is 12.0. The third-order valence-corrected chi connectivity index (χ3v) is 3.35. The van der Waals surface area contributed by atoms with Gasteiger partial charge in [0.1, 0.15) is 5.75 Å². The number of carbonyl (C=O) groups is 1. The molecule has 23 heavy (non-hydrogen) atoms. The van der Waals surface area contributed by atoms with Gasteiger partial charge in [-0.25, -0.2) is 0 Å². The van der Waals surface area contributed by atoms with Gasteiger partial charge in [0.15, 0.2) is 0 Å². The van der Waals surface area contributed by atoms with E-state index in [0.29, 0.717) is 16.9 Å². The van der Waals surface area contributed by atoms with Crippen LogP contribution in [0.4, 0.5) is 0 Å². The molecule has 0 saturated heterocycles. The monoisotopic (exact) mass is 313 g/mol. The molecule has 0 bridgehead atoms. The number of aryl methyl sites for hydroxylation is 1. The van der Waals surface area contributed by atoms with E-state index in [1.807, 2.05) is 57.2 Å². The molecule has 4 nitrogen and oxygen atoms in total. The van der Waals surface area contributed by atoms with Crippen LogP contribution in [0.2, 0.25) is 0 Å². The van der Waals surface area contributed by atoms with Gasteiger partial charge in [0.05, 0.1) is 12.2 Å². The van der Waals surface area contributed by atoms with Gasteiger partial charge >= 0.3 is 0 Å². The van der Waals surface area contributed by atoms with E-state index in [2.05, 4.69) is 5.32 Å². The lowest BCUT2D eigenvalue weighted by Crippen LogP contribution is -2.28. The number of carbonyl (C=O) groups excluding carboxylic acids is 1. The van der Waals surface area contributed by atoms with Crippen LogP contribution in [0.3, 0.4) is 0 Å². The molecule has 0 aliphatic rings. The Balaban J connectivity index is 1.96. The Kier molecular flexibility index (Phi) is 5.77. The first-order chi connectivity index (χ1) is 11.0. The van der Waals surface area contributed by atoms with E-state index in [1.165, 1.54) is 0 Å². The molecule has 0 spiro atoms. The summed E-state index contributed by atoms with van der Waals surface area (Å²) in [5.74, 6) is 0.517. The van der Waals surface area contributed by atoms with E-state index in [-0.39, 0.29) is 18.6 Å². The molecule has 1 atom stereocenters. The standard InChI is InChI=1S/C19H23NO3/c1-13(2)23-17-9-5-7-15(11-17)18(21)12-20-19(22)16-8-4-6-14(3)10-16/h4-11,13,18,21H,12H2,1-3H3,(H,20,22). The number of hydrogen-bond acceptors (Lipinski definition) is 3. The summed E-state index contributed by atoms with van der Waals surface area (Å²) in [5.41, 5.74) is 2.33. The lowest BCUT2D eigenvalue weighted by atomic mass is 10.1. The van der Waals surface area contributed by atoms with Crippen molar-refractivity contribution < 1.29 is 14.6 Å². The SMILES string of the molecule is Cc1cccc(C(=O)NCC(O)c2cccc(OC(C)C)c2)c1. The van der Waals surface area contributed by atoms with Crippen LogP contribution in [0.15, 0.2) is 48.5 Å². The van der Waals surface area contributed by atoms with Crippen molar-refractivity contribution in [2.45, 2.75) is 33.0 Å². The van der Waals surface area contributed by atoms with Gasteiger partial charge in [0, 0.05) is 12.1 Å². The van der Waals surface area contributed by atoms with Crippen molar-refractivity contribution in [3.63, 3.8) is 0 Å². The van der Waals surface area contributed by atoms with E-state index in [9.17, 15) is 9.90 Å². The van der Waals surface area contributed by atoms with Crippen molar-refractivity contribution in [3.8, 4) is 5.75 Å². The molecule has 2 aromatic rings. The Bertz CT molecular complexity index is 667. The summed E-state index contributed by atoms with van der Waals surface area (Å²) in [5, 5.41) is 13.0. The number of benzene rings is 2. The number of aliphatic hydroxyl groups excluding tert-OH is 1. The van der Waals surface area contributed by atoms with Crippen LogP contribution in [-0.4, -0.2) is 23.7 Å². The third kappa shape index (κ3) is 5.11. The molecular formula is C19H23NO3. The van der Waals surface area contributed by atoms with Gasteiger partial charge in [-0.1, -0.05) is 29.8 Å². The summed E-state index contributed by atoms with van der Waals surface area (Å²) in [7, 11) is 0. The second kappa shape index (κ2) is 7.79. The summed E-state index contributed by atoms with van der Waals surface area (Å²) >= 11 is 0. The molecule has 0 radical (unpaired) electrons. The quantitative estimate of drug-likeness (QED) is 0.860. The van der Waals surface area contributed by atoms with E-state index < -0.39 is 6.10 Å². The molecule has 1 amide bonds. The fraction of sp³-hybridized carbons (Fsp3) is 0.316. The predicted molar refractivity (Wildman–Crippen MR) is 90.7 cm³/mol. The zero-order valence-electron chi connectivity index (χ0n) is 13.7. The van der Waals surface area contributed by atoms with Crippen LogP contribution >= 0.6 is 0 Å². The molecule has 1 unspecified atom stereocenters. The van der Waals surface area contributed by atoms with Crippen LogP contribution in [0.1, 0.15) is 41.4 Å². The van der Waals surface area contributed by atoms with Crippen LogP contribution in [0.25, 0.3) is 0 Å². The maximum atomic E-state index is 12.1. The average Bonchev–Trinajstić information content (AvgIpc) is 2.52. The highest BCUT2D eigenvalue weighted by molar-refractivity contribution is 5.94. The Labute approximate surface area is 137 Å². The summed E-state index contributed by atoms with van der Waals surface area (Å²) in [6.07, 6.45) is -0.706. The Morgan fingerprint density at radius 3 is 2.61 bits per heavy atom. The smallest absolute Gasteiger partial charge is 0.251 e. The van der Waals surface area contributed by atoms with Crippen molar-refractivity contribution in [1.82, 2.24) is 5.32 Å². The maximum Gasteiger partial charge on any atom is 0.251 e. The lowest BCUT2D eigenvalue weighted by Gasteiger charge is -2.15. The molecule has 4 heteroatoms. The second-order valence-electron chi connectivity index (χ2n) is 5.83. The molecule has 0 heterocycles. The van der Waals surface area contributed by atoms with Crippen molar-refractivity contribution in [2.75, 3.05) is 6.54 Å². The van der Waals surface area contributed by atoms with Gasteiger partial charge in [0.2, 0.25) is 0 Å². The highest BCUT2D eigenvalue weighted by Gasteiger charge is 2.12. The van der Waals surface area contributed by atoms with Gasteiger partial charge < -0.3 is 15.2 Å². The van der Waals surface area contributed by atoms with Gasteiger partial charge in [-0.05, 0) is 50.6 Å². The maximum absolute atomic E-state index is 12.1. The first-order valence-corrected chi connectivity index (χ1v) is 7.75. The summed E-state index contributed by atoms with van der Waals surface area (Å²) in [6, 6.07) is 14.6. The zero-order chi connectivity index (χ0) is 16.8.